The molecule has 0 spiro atoms. The third-order valence-electron chi connectivity index (χ3n) is 4.33. The summed E-state index contributed by atoms with van der Waals surface area (Å²) in [6.45, 7) is 3.81. The van der Waals surface area contributed by atoms with Crippen LogP contribution >= 0.6 is 24.0 Å². The normalized spacial score (nSPS) is 16.6. The van der Waals surface area contributed by atoms with Crippen molar-refractivity contribution >= 4 is 35.8 Å². The lowest BCUT2D eigenvalue weighted by Crippen LogP contribution is -2.44. The lowest BCUT2D eigenvalue weighted by molar-refractivity contribution is 0.584. The van der Waals surface area contributed by atoms with Crippen molar-refractivity contribution in [3.05, 3.63) is 59.5 Å². The summed E-state index contributed by atoms with van der Waals surface area (Å²) in [5.74, 6) is -0.488. The lowest BCUT2D eigenvalue weighted by Gasteiger charge is -2.20. The van der Waals surface area contributed by atoms with Crippen molar-refractivity contribution in [3.63, 3.8) is 0 Å². The van der Waals surface area contributed by atoms with Gasteiger partial charge in [-0.25, -0.2) is 23.1 Å². The molecular weight excluding hydrogens is 482 g/mol. The van der Waals surface area contributed by atoms with Gasteiger partial charge < -0.3 is 15.5 Å². The van der Waals surface area contributed by atoms with Crippen LogP contribution in [0.5, 0.6) is 0 Å². The van der Waals surface area contributed by atoms with E-state index in [-0.39, 0.29) is 47.9 Å². The summed E-state index contributed by atoms with van der Waals surface area (Å²) in [5.41, 5.74) is 0.191. The standard InChI is InChI=1S/C19H22F3N5.HI/c1-2-23-19(25-11-13-10-14(20)5-6-16(13)21)26-15-7-9-27(12-15)18-17(22)4-3-8-24-18;/h3-6,8,10,15H,2,7,9,11-12H2,1H3,(H2,23,25,26);1H. The van der Waals surface area contributed by atoms with Gasteiger partial charge in [-0.1, -0.05) is 0 Å². The number of pyridine rings is 1. The van der Waals surface area contributed by atoms with Crippen LogP contribution in [-0.2, 0) is 6.54 Å². The predicted octanol–water partition coefficient (Wildman–Crippen LogP) is 3.45. The summed E-state index contributed by atoms with van der Waals surface area (Å²) < 4.78 is 41.0. The molecule has 1 saturated heterocycles. The van der Waals surface area contributed by atoms with Gasteiger partial charge in [0, 0.05) is 37.4 Å². The molecule has 2 heterocycles. The zero-order chi connectivity index (χ0) is 19.2. The fourth-order valence-corrected chi connectivity index (χ4v) is 3.02. The van der Waals surface area contributed by atoms with Crippen LogP contribution in [0.3, 0.4) is 0 Å². The maximum absolute atomic E-state index is 13.9. The molecule has 0 aliphatic carbocycles. The van der Waals surface area contributed by atoms with Gasteiger partial charge in [0.15, 0.2) is 17.6 Å². The molecule has 3 rings (SSSR count). The van der Waals surface area contributed by atoms with E-state index in [1.165, 1.54) is 6.07 Å². The van der Waals surface area contributed by atoms with Crippen LogP contribution in [0, 0.1) is 17.5 Å². The van der Waals surface area contributed by atoms with Gasteiger partial charge in [-0.3, -0.25) is 0 Å². The molecule has 1 aliphatic heterocycles. The number of aliphatic imine (C=N–C) groups is 1. The first-order valence-electron chi connectivity index (χ1n) is 8.91. The molecule has 1 atom stereocenters. The number of nitrogens with zero attached hydrogens (tertiary/aromatic N) is 3. The molecule has 0 amide bonds. The fraction of sp³-hybridized carbons (Fsp3) is 0.368. The van der Waals surface area contributed by atoms with Crippen LogP contribution in [0.15, 0.2) is 41.5 Å². The number of hydrogen-bond donors (Lipinski definition) is 2. The Hall–Kier alpha value is -2.04. The van der Waals surface area contributed by atoms with E-state index in [4.69, 9.17) is 0 Å². The zero-order valence-corrected chi connectivity index (χ0v) is 17.8. The summed E-state index contributed by atoms with van der Waals surface area (Å²) in [5, 5.41) is 6.37. The lowest BCUT2D eigenvalue weighted by atomic mass is 10.2. The molecule has 2 N–H and O–H groups in total. The van der Waals surface area contributed by atoms with E-state index in [2.05, 4.69) is 20.6 Å². The molecule has 1 aromatic heterocycles. The van der Waals surface area contributed by atoms with Gasteiger partial charge in [-0.2, -0.15) is 0 Å². The Balaban J connectivity index is 0.00000280. The third-order valence-corrected chi connectivity index (χ3v) is 4.33. The van der Waals surface area contributed by atoms with Gasteiger partial charge in [-0.15, -0.1) is 24.0 Å². The number of halogens is 4. The van der Waals surface area contributed by atoms with Crippen molar-refractivity contribution < 1.29 is 13.2 Å². The van der Waals surface area contributed by atoms with Gasteiger partial charge in [0.25, 0.3) is 0 Å². The van der Waals surface area contributed by atoms with E-state index in [1.54, 1.807) is 12.3 Å². The summed E-state index contributed by atoms with van der Waals surface area (Å²) >= 11 is 0. The zero-order valence-electron chi connectivity index (χ0n) is 15.5. The minimum absolute atomic E-state index is 0. The van der Waals surface area contributed by atoms with Crippen LogP contribution in [0.1, 0.15) is 18.9 Å². The summed E-state index contributed by atoms with van der Waals surface area (Å²) in [7, 11) is 0. The molecule has 9 heteroatoms. The second-order valence-electron chi connectivity index (χ2n) is 6.32. The van der Waals surface area contributed by atoms with Crippen LogP contribution in [0.4, 0.5) is 19.0 Å². The average molecular weight is 505 g/mol. The molecule has 2 aromatic rings. The van der Waals surface area contributed by atoms with Crippen LogP contribution < -0.4 is 15.5 Å². The van der Waals surface area contributed by atoms with Crippen molar-refractivity contribution in [1.82, 2.24) is 15.6 Å². The SMILES string of the molecule is CCNC(=NCc1cc(F)ccc1F)NC1CCN(c2ncccc2F)C1.I. The quantitative estimate of drug-likeness (QED) is 0.372. The molecule has 152 valence electrons. The first-order chi connectivity index (χ1) is 13.1. The van der Waals surface area contributed by atoms with E-state index in [0.717, 1.165) is 24.6 Å². The first kappa shape index (κ1) is 22.3. The molecular formula is C19H23F3IN5. The maximum atomic E-state index is 13.9. The predicted molar refractivity (Wildman–Crippen MR) is 115 cm³/mol. The molecule has 1 unspecified atom stereocenters. The molecule has 28 heavy (non-hydrogen) atoms. The van der Waals surface area contributed by atoms with Crippen LogP contribution in [0.2, 0.25) is 0 Å². The Labute approximate surface area is 179 Å². The Morgan fingerprint density at radius 3 is 2.82 bits per heavy atom. The fourth-order valence-electron chi connectivity index (χ4n) is 3.02. The molecule has 0 saturated carbocycles. The number of guanidine groups is 1. The van der Waals surface area contributed by atoms with E-state index in [9.17, 15) is 13.2 Å². The minimum atomic E-state index is -0.497. The van der Waals surface area contributed by atoms with Crippen molar-refractivity contribution in [1.29, 1.82) is 0 Å². The van der Waals surface area contributed by atoms with Crippen molar-refractivity contribution in [3.8, 4) is 0 Å². The van der Waals surface area contributed by atoms with E-state index < -0.39 is 11.6 Å². The highest BCUT2D eigenvalue weighted by Crippen LogP contribution is 2.20. The Morgan fingerprint density at radius 2 is 2.07 bits per heavy atom. The Bertz CT molecular complexity index is 818. The van der Waals surface area contributed by atoms with Gasteiger partial charge in [0.1, 0.15) is 11.6 Å². The van der Waals surface area contributed by atoms with Gasteiger partial charge in [-0.05, 0) is 43.7 Å². The molecule has 0 bridgehead atoms. The topological polar surface area (TPSA) is 52.6 Å². The largest absolute Gasteiger partial charge is 0.357 e. The number of nitrogens with one attached hydrogen (secondary N) is 2. The summed E-state index contributed by atoms with van der Waals surface area (Å²) in [4.78, 5) is 10.3. The minimum Gasteiger partial charge on any atom is -0.357 e. The van der Waals surface area contributed by atoms with Crippen LogP contribution in [-0.4, -0.2) is 36.6 Å². The number of hydrogen-bond acceptors (Lipinski definition) is 3. The molecule has 0 radical (unpaired) electrons. The second-order valence-corrected chi connectivity index (χ2v) is 6.32. The van der Waals surface area contributed by atoms with Crippen molar-refractivity contribution in [2.75, 3.05) is 24.5 Å². The number of aromatic nitrogens is 1. The number of rotatable bonds is 5. The van der Waals surface area contributed by atoms with E-state index >= 15 is 0 Å². The smallest absolute Gasteiger partial charge is 0.191 e. The monoisotopic (exact) mass is 505 g/mol. The average Bonchev–Trinajstić information content (AvgIpc) is 3.11. The van der Waals surface area contributed by atoms with Gasteiger partial charge >= 0.3 is 0 Å². The summed E-state index contributed by atoms with van der Waals surface area (Å²) in [6.07, 6.45) is 2.35. The van der Waals surface area contributed by atoms with Gasteiger partial charge in [0.05, 0.1) is 6.54 Å². The first-order valence-corrected chi connectivity index (χ1v) is 8.91. The van der Waals surface area contributed by atoms with Crippen molar-refractivity contribution in [2.45, 2.75) is 25.9 Å². The highest BCUT2D eigenvalue weighted by atomic mass is 127. The molecule has 5 nitrogen and oxygen atoms in total. The molecule has 1 aliphatic rings. The molecule has 1 fully saturated rings. The summed E-state index contributed by atoms with van der Waals surface area (Å²) in [6, 6.07) is 6.31. The number of anilines is 1. The highest BCUT2D eigenvalue weighted by molar-refractivity contribution is 14.0. The van der Waals surface area contributed by atoms with E-state index in [1.807, 2.05) is 11.8 Å². The van der Waals surface area contributed by atoms with Gasteiger partial charge in [0.2, 0.25) is 0 Å². The number of benzene rings is 1. The van der Waals surface area contributed by atoms with E-state index in [0.29, 0.717) is 31.4 Å². The van der Waals surface area contributed by atoms with Crippen molar-refractivity contribution in [2.24, 2.45) is 4.99 Å². The second kappa shape index (κ2) is 10.5. The third kappa shape index (κ3) is 5.73. The maximum Gasteiger partial charge on any atom is 0.191 e. The van der Waals surface area contributed by atoms with Crippen LogP contribution in [0.25, 0.3) is 0 Å². The molecule has 1 aromatic carbocycles. The Morgan fingerprint density at radius 1 is 1.25 bits per heavy atom. The Kier molecular flexibility index (Phi) is 8.34. The highest BCUT2D eigenvalue weighted by Gasteiger charge is 2.25.